The van der Waals surface area contributed by atoms with Crippen LogP contribution in [0.5, 0.6) is 0 Å². The van der Waals surface area contributed by atoms with E-state index < -0.39 is 0 Å². The van der Waals surface area contributed by atoms with Crippen LogP contribution in [-0.4, -0.2) is 0 Å². The summed E-state index contributed by atoms with van der Waals surface area (Å²) in [5.74, 6) is 0. The molecule has 2 heteroatoms. The van der Waals surface area contributed by atoms with Gasteiger partial charge in [-0.05, 0) is 17.0 Å². The molecule has 0 atom stereocenters. The van der Waals surface area contributed by atoms with E-state index in [9.17, 15) is 0 Å². The van der Waals surface area contributed by atoms with Crippen molar-refractivity contribution in [1.29, 1.82) is 0 Å². The number of hydrogen-bond acceptors (Lipinski definition) is 0. The van der Waals surface area contributed by atoms with Gasteiger partial charge in [-0.1, -0.05) is 64.5 Å². The highest BCUT2D eigenvalue weighted by molar-refractivity contribution is 9.10. The van der Waals surface area contributed by atoms with Gasteiger partial charge in [-0.2, -0.15) is 0 Å². The number of rotatable bonds is 1. The van der Waals surface area contributed by atoms with E-state index in [2.05, 4.69) is 22.5 Å². The first-order valence-corrected chi connectivity index (χ1v) is 5.40. The standard InChI is InChI=1S/C12H8BrCl/c1-2-8-9-5-3-4-6-10(9)12(14)7-11(8)13/h2-7H,1H2. The maximum absolute atomic E-state index is 6.13. The highest BCUT2D eigenvalue weighted by Gasteiger charge is 2.05. The molecule has 0 heterocycles. The zero-order chi connectivity index (χ0) is 10.1. The number of halogens is 2. The predicted octanol–water partition coefficient (Wildman–Crippen LogP) is 4.90. The molecule has 0 amide bonds. The molecule has 70 valence electrons. The molecule has 0 N–H and O–H groups in total. The van der Waals surface area contributed by atoms with Crippen LogP contribution in [-0.2, 0) is 0 Å². The normalized spacial score (nSPS) is 10.4. The molecule has 0 radical (unpaired) electrons. The van der Waals surface area contributed by atoms with Gasteiger partial charge in [-0.25, -0.2) is 0 Å². The van der Waals surface area contributed by atoms with Crippen molar-refractivity contribution >= 4 is 44.4 Å². The minimum atomic E-state index is 0.762. The van der Waals surface area contributed by atoms with Gasteiger partial charge < -0.3 is 0 Å². The van der Waals surface area contributed by atoms with Gasteiger partial charge in [-0.3, -0.25) is 0 Å². The van der Waals surface area contributed by atoms with Crippen molar-refractivity contribution in [2.24, 2.45) is 0 Å². The summed E-state index contributed by atoms with van der Waals surface area (Å²) in [6, 6.07) is 9.94. The molecule has 14 heavy (non-hydrogen) atoms. The zero-order valence-corrected chi connectivity index (χ0v) is 9.77. The van der Waals surface area contributed by atoms with Crippen molar-refractivity contribution in [2.75, 3.05) is 0 Å². The van der Waals surface area contributed by atoms with Crippen molar-refractivity contribution < 1.29 is 0 Å². The van der Waals surface area contributed by atoms with Crippen LogP contribution in [0, 0.1) is 0 Å². The van der Waals surface area contributed by atoms with E-state index in [1.807, 2.05) is 36.4 Å². The number of fused-ring (bicyclic) bond motifs is 1. The van der Waals surface area contributed by atoms with Gasteiger partial charge in [-0.15, -0.1) is 0 Å². The van der Waals surface area contributed by atoms with Crippen molar-refractivity contribution in [2.45, 2.75) is 0 Å². The lowest BCUT2D eigenvalue weighted by Crippen LogP contribution is -1.81. The maximum Gasteiger partial charge on any atom is 0.0496 e. The summed E-state index contributed by atoms with van der Waals surface area (Å²) < 4.78 is 0.983. The molecule has 0 saturated carbocycles. The molecule has 0 saturated heterocycles. The fraction of sp³-hybridized carbons (Fsp3) is 0. The molecule has 0 fully saturated rings. The third-order valence-corrected chi connectivity index (χ3v) is 3.16. The molecule has 0 aliphatic heterocycles. The van der Waals surface area contributed by atoms with Crippen LogP contribution in [0.3, 0.4) is 0 Å². The molecular formula is C12H8BrCl. The summed E-state index contributed by atoms with van der Waals surface area (Å²) in [6.07, 6.45) is 1.84. The molecule has 0 aliphatic rings. The van der Waals surface area contributed by atoms with Crippen molar-refractivity contribution in [3.8, 4) is 0 Å². The average molecular weight is 268 g/mol. The Kier molecular flexibility index (Phi) is 2.62. The molecule has 0 unspecified atom stereocenters. The van der Waals surface area contributed by atoms with Gasteiger partial charge in [0.25, 0.3) is 0 Å². The molecule has 0 bridgehead atoms. The minimum absolute atomic E-state index is 0.762. The van der Waals surface area contributed by atoms with Crippen LogP contribution >= 0.6 is 27.5 Å². The zero-order valence-electron chi connectivity index (χ0n) is 7.43. The highest BCUT2D eigenvalue weighted by atomic mass is 79.9. The molecule has 0 aliphatic carbocycles. The number of hydrogen-bond donors (Lipinski definition) is 0. The Morgan fingerprint density at radius 1 is 1.21 bits per heavy atom. The summed E-state index contributed by atoms with van der Waals surface area (Å²) in [4.78, 5) is 0. The quantitative estimate of drug-likeness (QED) is 0.689. The van der Waals surface area contributed by atoms with Crippen LogP contribution < -0.4 is 0 Å². The SMILES string of the molecule is C=Cc1c(Br)cc(Cl)c2ccccc12. The molecule has 2 aromatic rings. The van der Waals surface area contributed by atoms with Crippen LogP contribution in [0.1, 0.15) is 5.56 Å². The van der Waals surface area contributed by atoms with Gasteiger partial charge in [0.15, 0.2) is 0 Å². The lowest BCUT2D eigenvalue weighted by atomic mass is 10.0. The molecule has 2 aromatic carbocycles. The predicted molar refractivity (Wildman–Crippen MR) is 66.7 cm³/mol. The van der Waals surface area contributed by atoms with Gasteiger partial charge in [0.05, 0.1) is 0 Å². The summed E-state index contributed by atoms with van der Waals surface area (Å²) in [5.41, 5.74) is 1.09. The largest absolute Gasteiger partial charge is 0.0984 e. The van der Waals surface area contributed by atoms with E-state index in [-0.39, 0.29) is 0 Å². The lowest BCUT2D eigenvalue weighted by molar-refractivity contribution is 1.66. The topological polar surface area (TPSA) is 0 Å². The summed E-state index contributed by atoms with van der Waals surface area (Å²) >= 11 is 9.60. The van der Waals surface area contributed by atoms with Crippen LogP contribution in [0.4, 0.5) is 0 Å². The maximum atomic E-state index is 6.13. The van der Waals surface area contributed by atoms with E-state index in [4.69, 9.17) is 11.6 Å². The van der Waals surface area contributed by atoms with E-state index in [1.165, 1.54) is 0 Å². The van der Waals surface area contributed by atoms with Crippen LogP contribution in [0.15, 0.2) is 41.4 Å². The Labute approximate surface area is 96.3 Å². The summed E-state index contributed by atoms with van der Waals surface area (Å²) in [5, 5.41) is 2.95. The molecule has 0 nitrogen and oxygen atoms in total. The third kappa shape index (κ3) is 1.47. The van der Waals surface area contributed by atoms with Gasteiger partial charge in [0, 0.05) is 14.9 Å². The second-order valence-corrected chi connectivity index (χ2v) is 4.27. The van der Waals surface area contributed by atoms with Crippen LogP contribution in [0.25, 0.3) is 16.8 Å². The summed E-state index contributed by atoms with van der Waals surface area (Å²) in [6.45, 7) is 3.80. The van der Waals surface area contributed by atoms with Gasteiger partial charge in [0.1, 0.15) is 0 Å². The fourth-order valence-electron chi connectivity index (χ4n) is 1.53. The Hall–Kier alpha value is -0.790. The van der Waals surface area contributed by atoms with E-state index in [0.717, 1.165) is 25.8 Å². The second-order valence-electron chi connectivity index (χ2n) is 3.00. The molecule has 0 spiro atoms. The summed E-state index contributed by atoms with van der Waals surface area (Å²) in [7, 11) is 0. The monoisotopic (exact) mass is 266 g/mol. The molecular weight excluding hydrogens is 259 g/mol. The highest BCUT2D eigenvalue weighted by Crippen LogP contribution is 2.33. The first-order valence-electron chi connectivity index (χ1n) is 4.23. The Morgan fingerprint density at radius 3 is 2.50 bits per heavy atom. The molecule has 0 aromatic heterocycles. The van der Waals surface area contributed by atoms with Gasteiger partial charge in [0.2, 0.25) is 0 Å². The van der Waals surface area contributed by atoms with E-state index in [1.54, 1.807) is 0 Å². The Balaban J connectivity index is 2.97. The Morgan fingerprint density at radius 2 is 1.86 bits per heavy atom. The van der Waals surface area contributed by atoms with Crippen molar-refractivity contribution in [3.63, 3.8) is 0 Å². The Bertz CT molecular complexity index is 503. The second kappa shape index (κ2) is 3.76. The lowest BCUT2D eigenvalue weighted by Gasteiger charge is -2.06. The first kappa shape index (κ1) is 9.75. The van der Waals surface area contributed by atoms with Gasteiger partial charge >= 0.3 is 0 Å². The van der Waals surface area contributed by atoms with Crippen LogP contribution in [0.2, 0.25) is 5.02 Å². The first-order chi connectivity index (χ1) is 6.74. The van der Waals surface area contributed by atoms with Crippen molar-refractivity contribution in [1.82, 2.24) is 0 Å². The average Bonchev–Trinajstić information content (AvgIpc) is 2.18. The van der Waals surface area contributed by atoms with E-state index in [0.29, 0.717) is 0 Å². The smallest absolute Gasteiger partial charge is 0.0496 e. The minimum Gasteiger partial charge on any atom is -0.0984 e. The van der Waals surface area contributed by atoms with E-state index >= 15 is 0 Å². The third-order valence-electron chi connectivity index (χ3n) is 2.19. The number of benzene rings is 2. The molecule has 2 rings (SSSR count). The van der Waals surface area contributed by atoms with Crippen molar-refractivity contribution in [3.05, 3.63) is 52.0 Å². The fourth-order valence-corrected chi connectivity index (χ4v) is 2.54.